The Kier molecular flexibility index (Phi) is 4.00. The molecule has 0 spiro atoms. The maximum Gasteiger partial charge on any atom is 0.165 e. The van der Waals surface area contributed by atoms with Crippen molar-refractivity contribution in [3.05, 3.63) is 51.2 Å². The van der Waals surface area contributed by atoms with E-state index in [2.05, 4.69) is 0 Å². The zero-order chi connectivity index (χ0) is 13.3. The molecule has 0 radical (unpaired) electrons. The second-order valence-electron chi connectivity index (χ2n) is 3.57. The Hall–Kier alpha value is -0.960. The Bertz CT molecular complexity index is 576. The fraction of sp³-hybridized carbons (Fsp3) is 0.0769. The predicted molar refractivity (Wildman–Crippen MR) is 73.4 cm³/mol. The minimum Gasteiger partial charge on any atom is -0.493 e. The number of rotatable bonds is 2. The molecule has 0 bridgehead atoms. The molecule has 94 valence electrons. The summed E-state index contributed by atoms with van der Waals surface area (Å²) in [5, 5.41) is 0.897. The van der Waals surface area contributed by atoms with Crippen LogP contribution in [-0.4, -0.2) is 7.11 Å². The van der Waals surface area contributed by atoms with Crippen LogP contribution >= 0.6 is 34.8 Å². The maximum absolute atomic E-state index is 13.6. The van der Waals surface area contributed by atoms with Gasteiger partial charge in [-0.05, 0) is 23.8 Å². The summed E-state index contributed by atoms with van der Waals surface area (Å²) in [5.41, 5.74) is 1.21. The standard InChI is InChI=1S/C13H8Cl3FO/c1-18-13-8(3-2-4-11(13)17)7-5-9(14)12(16)10(15)6-7/h2-6H,1H3. The van der Waals surface area contributed by atoms with Crippen molar-refractivity contribution >= 4 is 34.8 Å². The van der Waals surface area contributed by atoms with Crippen LogP contribution in [0, 0.1) is 5.82 Å². The lowest BCUT2D eigenvalue weighted by Crippen LogP contribution is -1.92. The smallest absolute Gasteiger partial charge is 0.165 e. The van der Waals surface area contributed by atoms with Gasteiger partial charge >= 0.3 is 0 Å². The number of hydrogen-bond donors (Lipinski definition) is 0. The number of hydrogen-bond acceptors (Lipinski definition) is 1. The number of ether oxygens (including phenoxy) is 1. The third kappa shape index (κ3) is 2.41. The molecule has 0 aliphatic carbocycles. The van der Waals surface area contributed by atoms with Gasteiger partial charge in [-0.1, -0.05) is 46.9 Å². The predicted octanol–water partition coefficient (Wildman–Crippen LogP) is 5.46. The summed E-state index contributed by atoms with van der Waals surface area (Å²) in [4.78, 5) is 0. The average molecular weight is 306 g/mol. The largest absolute Gasteiger partial charge is 0.493 e. The van der Waals surface area contributed by atoms with E-state index in [1.54, 1.807) is 24.3 Å². The zero-order valence-electron chi connectivity index (χ0n) is 9.31. The highest BCUT2D eigenvalue weighted by atomic mass is 35.5. The second kappa shape index (κ2) is 5.35. The molecule has 2 aromatic rings. The average Bonchev–Trinajstić information content (AvgIpc) is 2.35. The first-order valence-corrected chi connectivity index (χ1v) is 6.15. The van der Waals surface area contributed by atoms with Crippen LogP contribution in [-0.2, 0) is 0 Å². The van der Waals surface area contributed by atoms with E-state index < -0.39 is 5.82 Å². The molecule has 0 N–H and O–H groups in total. The van der Waals surface area contributed by atoms with E-state index >= 15 is 0 Å². The first-order chi connectivity index (χ1) is 8.54. The Morgan fingerprint density at radius 1 is 1.06 bits per heavy atom. The number of halogens is 4. The van der Waals surface area contributed by atoms with E-state index in [1.807, 2.05) is 0 Å². The van der Waals surface area contributed by atoms with E-state index in [-0.39, 0.29) is 10.8 Å². The summed E-state index contributed by atoms with van der Waals surface area (Å²) in [6.07, 6.45) is 0. The second-order valence-corrected chi connectivity index (χ2v) is 4.77. The molecule has 0 aliphatic rings. The van der Waals surface area contributed by atoms with Crippen molar-refractivity contribution in [3.63, 3.8) is 0 Å². The minimum absolute atomic E-state index is 0.145. The van der Waals surface area contributed by atoms with Gasteiger partial charge in [0.2, 0.25) is 0 Å². The van der Waals surface area contributed by atoms with Gasteiger partial charge in [0.25, 0.3) is 0 Å². The first kappa shape index (κ1) is 13.5. The van der Waals surface area contributed by atoms with Crippen LogP contribution in [0.25, 0.3) is 11.1 Å². The molecule has 18 heavy (non-hydrogen) atoms. The Labute approximate surface area is 119 Å². The van der Waals surface area contributed by atoms with E-state index in [9.17, 15) is 4.39 Å². The fourth-order valence-corrected chi connectivity index (χ4v) is 2.25. The van der Waals surface area contributed by atoms with Crippen LogP contribution in [0.15, 0.2) is 30.3 Å². The third-order valence-corrected chi connectivity index (χ3v) is 3.66. The molecule has 1 nitrogen and oxygen atoms in total. The Morgan fingerprint density at radius 2 is 1.67 bits per heavy atom. The molecule has 5 heteroatoms. The van der Waals surface area contributed by atoms with Gasteiger partial charge < -0.3 is 4.74 Å². The van der Waals surface area contributed by atoms with Gasteiger partial charge in [0, 0.05) is 5.56 Å². The number of benzene rings is 2. The summed E-state index contributed by atoms with van der Waals surface area (Å²) in [6, 6.07) is 7.86. The number of methoxy groups -OCH3 is 1. The summed E-state index contributed by atoms with van der Waals surface area (Å²) < 4.78 is 18.6. The van der Waals surface area contributed by atoms with E-state index in [4.69, 9.17) is 39.5 Å². The topological polar surface area (TPSA) is 9.23 Å². The van der Waals surface area contributed by atoms with Crippen molar-refractivity contribution in [1.29, 1.82) is 0 Å². The van der Waals surface area contributed by atoms with Crippen LogP contribution in [0.4, 0.5) is 4.39 Å². The molecule has 0 fully saturated rings. The van der Waals surface area contributed by atoms with Crippen molar-refractivity contribution in [2.45, 2.75) is 0 Å². The molecule has 2 aromatic carbocycles. The molecular weight excluding hydrogens is 297 g/mol. The van der Waals surface area contributed by atoms with Crippen molar-refractivity contribution in [2.24, 2.45) is 0 Å². The third-order valence-electron chi connectivity index (χ3n) is 2.47. The molecule has 0 unspecified atom stereocenters. The van der Waals surface area contributed by atoms with Crippen molar-refractivity contribution in [3.8, 4) is 16.9 Å². The van der Waals surface area contributed by atoms with E-state index in [0.717, 1.165) is 0 Å². The van der Waals surface area contributed by atoms with Crippen LogP contribution in [0.2, 0.25) is 15.1 Å². The molecule has 0 atom stereocenters. The molecule has 0 heterocycles. The Balaban J connectivity index is 2.66. The molecule has 0 saturated heterocycles. The summed E-state index contributed by atoms with van der Waals surface area (Å²) in [6.45, 7) is 0. The molecule has 0 aliphatic heterocycles. The molecule has 0 saturated carbocycles. The molecule has 0 amide bonds. The first-order valence-electron chi connectivity index (χ1n) is 5.02. The van der Waals surface area contributed by atoms with Crippen molar-refractivity contribution in [2.75, 3.05) is 7.11 Å². The normalized spacial score (nSPS) is 10.5. The van der Waals surface area contributed by atoms with Gasteiger partial charge in [-0.2, -0.15) is 0 Å². The summed E-state index contributed by atoms with van der Waals surface area (Å²) in [5.74, 6) is -0.302. The maximum atomic E-state index is 13.6. The monoisotopic (exact) mass is 304 g/mol. The van der Waals surface area contributed by atoms with Gasteiger partial charge in [-0.15, -0.1) is 0 Å². The number of para-hydroxylation sites is 1. The summed E-state index contributed by atoms with van der Waals surface area (Å²) >= 11 is 17.8. The fourth-order valence-electron chi connectivity index (χ4n) is 1.65. The van der Waals surface area contributed by atoms with Crippen LogP contribution < -0.4 is 4.74 Å². The minimum atomic E-state index is -0.447. The van der Waals surface area contributed by atoms with E-state index in [0.29, 0.717) is 21.2 Å². The highest BCUT2D eigenvalue weighted by Gasteiger charge is 2.13. The molecule has 2 rings (SSSR count). The van der Waals surface area contributed by atoms with Crippen LogP contribution in [0.3, 0.4) is 0 Å². The van der Waals surface area contributed by atoms with Gasteiger partial charge in [0.15, 0.2) is 11.6 Å². The van der Waals surface area contributed by atoms with Gasteiger partial charge in [0.1, 0.15) is 0 Å². The van der Waals surface area contributed by atoms with Gasteiger partial charge in [-0.3, -0.25) is 0 Å². The molecule has 0 aromatic heterocycles. The van der Waals surface area contributed by atoms with Gasteiger partial charge in [0.05, 0.1) is 22.2 Å². The van der Waals surface area contributed by atoms with Crippen LogP contribution in [0.1, 0.15) is 0 Å². The summed E-state index contributed by atoms with van der Waals surface area (Å²) in [7, 11) is 1.40. The quantitative estimate of drug-likeness (QED) is 0.669. The van der Waals surface area contributed by atoms with E-state index in [1.165, 1.54) is 13.2 Å². The lowest BCUT2D eigenvalue weighted by atomic mass is 10.0. The SMILES string of the molecule is COc1c(F)cccc1-c1cc(Cl)c(Cl)c(Cl)c1. The Morgan fingerprint density at radius 3 is 2.22 bits per heavy atom. The van der Waals surface area contributed by atoms with Crippen molar-refractivity contribution < 1.29 is 9.13 Å². The highest BCUT2D eigenvalue weighted by molar-refractivity contribution is 6.48. The van der Waals surface area contributed by atoms with Crippen LogP contribution in [0.5, 0.6) is 5.75 Å². The highest BCUT2D eigenvalue weighted by Crippen LogP contribution is 2.38. The zero-order valence-corrected chi connectivity index (χ0v) is 11.6. The van der Waals surface area contributed by atoms with Crippen molar-refractivity contribution in [1.82, 2.24) is 0 Å². The van der Waals surface area contributed by atoms with Gasteiger partial charge in [-0.25, -0.2) is 4.39 Å². The lowest BCUT2D eigenvalue weighted by molar-refractivity contribution is 0.388. The lowest BCUT2D eigenvalue weighted by Gasteiger charge is -2.11. The molecular formula is C13H8Cl3FO.